The lowest BCUT2D eigenvalue weighted by Crippen LogP contribution is -2.77. The van der Waals surface area contributed by atoms with Gasteiger partial charge in [0, 0.05) is 44.3 Å². The number of hydrogen-bond donors (Lipinski definition) is 2. The molecule has 1 aromatic rings. The number of fused-ring (bicyclic) bond motifs is 1. The summed E-state index contributed by atoms with van der Waals surface area (Å²) < 4.78 is 13.9. The van der Waals surface area contributed by atoms with E-state index in [-0.39, 0.29) is 57.0 Å². The molecule has 0 aromatic heterocycles. The molecule has 2 aliphatic heterocycles. The molecule has 4 amide bonds. The fraction of sp³-hybridized carbons (Fsp3) is 0.500. The first-order chi connectivity index (χ1) is 13.7. The van der Waals surface area contributed by atoms with Crippen molar-refractivity contribution in [3.8, 4) is 0 Å². The molecule has 0 radical (unpaired) electrons. The van der Waals surface area contributed by atoms with Gasteiger partial charge in [-0.15, -0.1) is 0 Å². The van der Waals surface area contributed by atoms with Crippen LogP contribution in [0.3, 0.4) is 0 Å². The summed E-state index contributed by atoms with van der Waals surface area (Å²) in [6, 6.07) is 4.52. The first-order valence-corrected chi connectivity index (χ1v) is 9.66. The number of alkyl halides is 1. The predicted octanol–water partition coefficient (Wildman–Crippen LogP) is 1.57. The molecule has 0 spiro atoms. The zero-order chi connectivity index (χ0) is 20.6. The number of carboxylic acid groups (broad SMARTS) is 1. The van der Waals surface area contributed by atoms with Crippen LogP contribution in [0.4, 0.5) is 9.18 Å². The number of benzene rings is 1. The van der Waals surface area contributed by atoms with Crippen molar-refractivity contribution in [1.29, 1.82) is 0 Å². The van der Waals surface area contributed by atoms with Crippen molar-refractivity contribution in [1.82, 2.24) is 15.1 Å². The highest BCUT2D eigenvalue weighted by Crippen LogP contribution is 2.66. The molecule has 9 heteroatoms. The summed E-state index contributed by atoms with van der Waals surface area (Å²) in [5.41, 5.74) is 0.0322. The van der Waals surface area contributed by atoms with E-state index in [1.807, 2.05) is 0 Å². The van der Waals surface area contributed by atoms with E-state index >= 15 is 0 Å². The van der Waals surface area contributed by atoms with E-state index in [1.165, 1.54) is 9.80 Å². The Kier molecular flexibility index (Phi) is 3.60. The lowest BCUT2D eigenvalue weighted by atomic mass is 9.46. The van der Waals surface area contributed by atoms with Gasteiger partial charge in [-0.2, -0.15) is 0 Å². The highest BCUT2D eigenvalue weighted by Gasteiger charge is 2.72. The lowest BCUT2D eigenvalue weighted by molar-refractivity contribution is -0.217. The number of nitrogens with one attached hydrogen (secondary N) is 1. The lowest BCUT2D eigenvalue weighted by Gasteiger charge is -2.68. The van der Waals surface area contributed by atoms with Gasteiger partial charge >= 0.3 is 6.09 Å². The molecule has 1 unspecified atom stereocenters. The van der Waals surface area contributed by atoms with Gasteiger partial charge in [0.15, 0.2) is 0 Å². The zero-order valence-corrected chi connectivity index (χ0v) is 15.6. The van der Waals surface area contributed by atoms with Crippen LogP contribution >= 0.6 is 0 Å². The third-order valence-electron chi connectivity index (χ3n) is 6.67. The normalized spacial score (nSPS) is 32.2. The number of halogens is 1. The van der Waals surface area contributed by atoms with E-state index in [2.05, 4.69) is 5.32 Å². The number of hydrogen-bond acceptors (Lipinski definition) is 4. The van der Waals surface area contributed by atoms with Crippen LogP contribution in [0.2, 0.25) is 0 Å². The fourth-order valence-electron chi connectivity index (χ4n) is 5.22. The van der Waals surface area contributed by atoms with Crippen molar-refractivity contribution >= 4 is 23.8 Å². The molecule has 8 nitrogen and oxygen atoms in total. The Morgan fingerprint density at radius 3 is 2.62 bits per heavy atom. The Labute approximate surface area is 165 Å². The summed E-state index contributed by atoms with van der Waals surface area (Å²) in [6.07, 6.45) is 0.0902. The van der Waals surface area contributed by atoms with Gasteiger partial charge in [0.1, 0.15) is 11.7 Å². The number of imide groups is 1. The van der Waals surface area contributed by atoms with Crippen LogP contribution in [0, 0.1) is 0 Å². The second-order valence-electron chi connectivity index (χ2n) is 8.67. The van der Waals surface area contributed by atoms with E-state index in [0.29, 0.717) is 11.1 Å². The van der Waals surface area contributed by atoms with Crippen LogP contribution in [0.15, 0.2) is 18.2 Å². The quantitative estimate of drug-likeness (QED) is 0.745. The molecule has 3 saturated carbocycles. The summed E-state index contributed by atoms with van der Waals surface area (Å²) in [7, 11) is 0. The van der Waals surface area contributed by atoms with Crippen molar-refractivity contribution < 1.29 is 28.7 Å². The largest absolute Gasteiger partial charge is 0.465 e. The summed E-state index contributed by atoms with van der Waals surface area (Å²) in [5.74, 6) is -1.11. The minimum atomic E-state index is -1.20. The van der Waals surface area contributed by atoms with E-state index in [9.17, 15) is 28.7 Å². The number of nitrogens with zero attached hydrogens (tertiary/aromatic N) is 2. The summed E-state index contributed by atoms with van der Waals surface area (Å²) in [6.45, 7) is 0.363. The summed E-state index contributed by atoms with van der Waals surface area (Å²) in [4.78, 5) is 50.9. The molecule has 2 heterocycles. The molecule has 1 aromatic carbocycles. The van der Waals surface area contributed by atoms with E-state index in [4.69, 9.17) is 0 Å². The first kappa shape index (κ1) is 18.1. The van der Waals surface area contributed by atoms with Gasteiger partial charge in [0.05, 0.1) is 5.54 Å². The molecular weight excluding hydrogens is 381 g/mol. The number of amides is 4. The van der Waals surface area contributed by atoms with E-state index in [0.717, 1.165) is 5.56 Å². The van der Waals surface area contributed by atoms with Crippen LogP contribution in [0.25, 0.3) is 0 Å². The van der Waals surface area contributed by atoms with Gasteiger partial charge in [-0.25, -0.2) is 9.18 Å². The average Bonchev–Trinajstić information content (AvgIpc) is 2.92. The number of piperidine rings is 1. The maximum Gasteiger partial charge on any atom is 0.408 e. The van der Waals surface area contributed by atoms with Gasteiger partial charge in [0.2, 0.25) is 11.8 Å². The third-order valence-corrected chi connectivity index (χ3v) is 6.67. The van der Waals surface area contributed by atoms with Crippen LogP contribution in [0.1, 0.15) is 53.6 Å². The van der Waals surface area contributed by atoms with Gasteiger partial charge < -0.3 is 10.0 Å². The molecule has 29 heavy (non-hydrogen) atoms. The van der Waals surface area contributed by atoms with Crippen molar-refractivity contribution in [3.05, 3.63) is 34.9 Å². The summed E-state index contributed by atoms with van der Waals surface area (Å²) >= 11 is 0. The highest BCUT2D eigenvalue weighted by atomic mass is 19.1. The monoisotopic (exact) mass is 401 g/mol. The molecule has 1 atom stereocenters. The number of carbonyl (C=O) groups is 4. The van der Waals surface area contributed by atoms with Crippen molar-refractivity contribution in [3.63, 3.8) is 0 Å². The van der Waals surface area contributed by atoms with Gasteiger partial charge in [-0.3, -0.25) is 24.6 Å². The molecular formula is C20H20FN3O5. The van der Waals surface area contributed by atoms with Gasteiger partial charge in [0.25, 0.3) is 5.91 Å². The highest BCUT2D eigenvalue weighted by molar-refractivity contribution is 6.05. The van der Waals surface area contributed by atoms with Crippen molar-refractivity contribution in [2.75, 3.05) is 0 Å². The zero-order valence-electron chi connectivity index (χ0n) is 15.6. The third kappa shape index (κ3) is 2.63. The second-order valence-corrected chi connectivity index (χ2v) is 8.67. The van der Waals surface area contributed by atoms with Crippen molar-refractivity contribution in [2.45, 2.75) is 62.4 Å². The molecule has 1 saturated heterocycles. The topological polar surface area (TPSA) is 107 Å². The SMILES string of the molecule is O=C1CCC(N2Cc3ccc(CN(C(=O)O)C45CC(F)(C4)C5)cc3C2=O)C(=O)N1. The Morgan fingerprint density at radius 1 is 1.28 bits per heavy atom. The van der Waals surface area contributed by atoms with Crippen LogP contribution in [-0.4, -0.2) is 56.0 Å². The fourth-order valence-corrected chi connectivity index (χ4v) is 5.22. The van der Waals surface area contributed by atoms with Crippen LogP contribution < -0.4 is 5.32 Å². The Morgan fingerprint density at radius 2 is 2.00 bits per heavy atom. The van der Waals surface area contributed by atoms with Crippen molar-refractivity contribution in [2.24, 2.45) is 0 Å². The Hall–Kier alpha value is -2.97. The molecule has 2 bridgehead atoms. The van der Waals surface area contributed by atoms with E-state index < -0.39 is 29.2 Å². The van der Waals surface area contributed by atoms with Crippen LogP contribution in [-0.2, 0) is 22.7 Å². The Balaban J connectivity index is 1.34. The molecule has 6 rings (SSSR count). The smallest absolute Gasteiger partial charge is 0.408 e. The van der Waals surface area contributed by atoms with Gasteiger partial charge in [-0.1, -0.05) is 12.1 Å². The molecule has 3 aliphatic carbocycles. The minimum Gasteiger partial charge on any atom is -0.465 e. The summed E-state index contributed by atoms with van der Waals surface area (Å²) in [5, 5.41) is 11.9. The predicted molar refractivity (Wildman–Crippen MR) is 96.5 cm³/mol. The molecule has 5 aliphatic rings. The average molecular weight is 401 g/mol. The molecule has 4 fully saturated rings. The van der Waals surface area contributed by atoms with Crippen LogP contribution in [0.5, 0.6) is 0 Å². The minimum absolute atomic E-state index is 0.0877. The maximum atomic E-state index is 13.9. The first-order valence-electron chi connectivity index (χ1n) is 9.66. The van der Waals surface area contributed by atoms with E-state index in [1.54, 1.807) is 18.2 Å². The standard InChI is InChI=1S/C20H20FN3O5/c21-19-8-20(9-19,10-19)24(18(28)29)6-11-1-2-12-7-23(17(27)13(12)5-11)14-3-4-15(25)22-16(14)26/h1-2,5,14H,3-4,6-10H2,(H,28,29)(H,22,25,26). The number of rotatable bonds is 4. The maximum absolute atomic E-state index is 13.9. The van der Waals surface area contributed by atoms with Gasteiger partial charge in [-0.05, 0) is 23.6 Å². The molecule has 152 valence electrons. The number of carbonyl (C=O) groups excluding carboxylic acids is 3. The second kappa shape index (κ2) is 5.77. The Bertz CT molecular complexity index is 957. The molecule has 2 N–H and O–H groups in total.